The lowest BCUT2D eigenvalue weighted by atomic mass is 9.76. The maximum atomic E-state index is 13.0. The molecule has 142 valence electrons. The summed E-state index contributed by atoms with van der Waals surface area (Å²) in [5.41, 5.74) is 1.75. The van der Waals surface area contributed by atoms with Gasteiger partial charge < -0.3 is 10.2 Å². The van der Waals surface area contributed by atoms with E-state index in [1.165, 1.54) is 11.3 Å². The third kappa shape index (κ3) is 3.11. The van der Waals surface area contributed by atoms with Crippen molar-refractivity contribution in [2.75, 3.05) is 5.32 Å². The molecule has 2 N–H and O–H groups in total. The number of fused-ring (bicyclic) bond motifs is 1. The first-order chi connectivity index (χ1) is 13.0. The Morgan fingerprint density at radius 2 is 2.00 bits per heavy atom. The fourth-order valence-corrected chi connectivity index (χ4v) is 4.12. The van der Waals surface area contributed by atoms with Gasteiger partial charge in [0, 0.05) is 18.9 Å². The second-order valence-corrected chi connectivity index (χ2v) is 7.71. The molecule has 1 saturated carbocycles. The van der Waals surface area contributed by atoms with Gasteiger partial charge in [0.25, 0.3) is 5.91 Å². The van der Waals surface area contributed by atoms with E-state index < -0.39 is 11.9 Å². The van der Waals surface area contributed by atoms with Crippen molar-refractivity contribution in [2.24, 2.45) is 11.8 Å². The number of carbonyl (C=O) groups is 4. The van der Waals surface area contributed by atoms with Crippen LogP contribution in [-0.4, -0.2) is 34.6 Å². The summed E-state index contributed by atoms with van der Waals surface area (Å²) in [4.78, 5) is 50.6. The van der Waals surface area contributed by atoms with E-state index in [1.54, 1.807) is 6.07 Å². The van der Waals surface area contributed by atoms with Crippen LogP contribution in [0.3, 0.4) is 0 Å². The number of rotatable bonds is 4. The largest absolute Gasteiger partial charge is 0.325 e. The molecule has 4 amide bonds. The number of nitrogens with zero attached hydrogens (tertiary/aromatic N) is 1. The van der Waals surface area contributed by atoms with Crippen LogP contribution in [0.1, 0.15) is 54.9 Å². The van der Waals surface area contributed by atoms with Gasteiger partial charge in [-0.05, 0) is 36.8 Å². The number of nitrogens with one attached hydrogen (secondary N) is 2. The molecule has 4 rings (SSSR count). The lowest BCUT2D eigenvalue weighted by Gasteiger charge is -2.30. The molecule has 1 saturated heterocycles. The average Bonchev–Trinajstić information content (AvgIpc) is 2.91. The highest BCUT2D eigenvalue weighted by Gasteiger charge is 2.40. The molecule has 7 nitrogen and oxygen atoms in total. The van der Waals surface area contributed by atoms with Crippen LogP contribution in [0.25, 0.3) is 0 Å². The second kappa shape index (κ2) is 6.79. The summed E-state index contributed by atoms with van der Waals surface area (Å²) in [6, 6.07) is 4.73. The molecule has 1 aromatic rings. The maximum absolute atomic E-state index is 13.0. The number of piperidine rings is 1. The van der Waals surface area contributed by atoms with E-state index in [0.717, 1.165) is 18.4 Å². The Labute approximate surface area is 157 Å². The van der Waals surface area contributed by atoms with Crippen molar-refractivity contribution in [1.29, 1.82) is 0 Å². The van der Waals surface area contributed by atoms with Gasteiger partial charge in [0.2, 0.25) is 17.7 Å². The smallest absolute Gasteiger partial charge is 0.257 e. The summed E-state index contributed by atoms with van der Waals surface area (Å²) in [6.07, 6.45) is 3.86. The lowest BCUT2D eigenvalue weighted by molar-refractivity contribution is -0.137. The molecule has 2 unspecified atom stereocenters. The highest BCUT2D eigenvalue weighted by molar-refractivity contribution is 6.09. The van der Waals surface area contributed by atoms with Gasteiger partial charge in [-0.15, -0.1) is 0 Å². The number of amides is 4. The quantitative estimate of drug-likeness (QED) is 0.792. The highest BCUT2D eigenvalue weighted by Crippen LogP contribution is 2.35. The van der Waals surface area contributed by atoms with Crippen molar-refractivity contribution in [2.45, 2.75) is 51.6 Å². The minimum atomic E-state index is -0.653. The van der Waals surface area contributed by atoms with Crippen molar-refractivity contribution < 1.29 is 19.2 Å². The predicted molar refractivity (Wildman–Crippen MR) is 97.6 cm³/mol. The molecule has 0 aromatic heterocycles. The van der Waals surface area contributed by atoms with Crippen molar-refractivity contribution in [3.05, 3.63) is 29.3 Å². The Hall–Kier alpha value is -2.70. The zero-order valence-corrected chi connectivity index (χ0v) is 15.3. The maximum Gasteiger partial charge on any atom is 0.257 e. The molecule has 2 fully saturated rings. The van der Waals surface area contributed by atoms with E-state index in [1.807, 2.05) is 19.1 Å². The molecule has 1 aromatic carbocycles. The van der Waals surface area contributed by atoms with E-state index in [4.69, 9.17) is 0 Å². The fourth-order valence-electron chi connectivity index (χ4n) is 4.12. The zero-order valence-electron chi connectivity index (χ0n) is 15.3. The van der Waals surface area contributed by atoms with E-state index in [2.05, 4.69) is 10.6 Å². The SMILES string of the molecule is CC(C(=O)Nc1cccc2c1C(=O)N(C1CCC(=O)NC1=O)C2)C1CCC1. The Morgan fingerprint density at radius 1 is 1.22 bits per heavy atom. The van der Waals surface area contributed by atoms with Gasteiger partial charge in [0.1, 0.15) is 6.04 Å². The normalized spacial score (nSPS) is 23.5. The predicted octanol–water partition coefficient (Wildman–Crippen LogP) is 1.82. The van der Waals surface area contributed by atoms with Crippen molar-refractivity contribution in [3.8, 4) is 0 Å². The first-order valence-electron chi connectivity index (χ1n) is 9.53. The Morgan fingerprint density at radius 3 is 2.67 bits per heavy atom. The summed E-state index contributed by atoms with van der Waals surface area (Å²) in [5, 5.41) is 5.22. The van der Waals surface area contributed by atoms with Crippen LogP contribution in [0.4, 0.5) is 5.69 Å². The summed E-state index contributed by atoms with van der Waals surface area (Å²) < 4.78 is 0. The molecule has 0 bridgehead atoms. The van der Waals surface area contributed by atoms with Gasteiger partial charge in [-0.3, -0.25) is 24.5 Å². The second-order valence-electron chi connectivity index (χ2n) is 7.71. The molecule has 7 heteroatoms. The Kier molecular flexibility index (Phi) is 4.45. The van der Waals surface area contributed by atoms with Crippen LogP contribution in [-0.2, 0) is 20.9 Å². The summed E-state index contributed by atoms with van der Waals surface area (Å²) >= 11 is 0. The number of carbonyl (C=O) groups excluding carboxylic acids is 4. The molecule has 2 aliphatic heterocycles. The molecule has 27 heavy (non-hydrogen) atoms. The van der Waals surface area contributed by atoms with Gasteiger partial charge in [0.15, 0.2) is 0 Å². The van der Waals surface area contributed by atoms with E-state index in [-0.39, 0.29) is 30.1 Å². The summed E-state index contributed by atoms with van der Waals surface area (Å²) in [7, 11) is 0. The van der Waals surface area contributed by atoms with E-state index >= 15 is 0 Å². The summed E-state index contributed by atoms with van der Waals surface area (Å²) in [6.45, 7) is 2.24. The van der Waals surface area contributed by atoms with Crippen LogP contribution in [0.5, 0.6) is 0 Å². The number of benzene rings is 1. The molecule has 3 aliphatic rings. The van der Waals surface area contributed by atoms with Crippen molar-refractivity contribution >= 4 is 29.3 Å². The first-order valence-corrected chi connectivity index (χ1v) is 9.53. The van der Waals surface area contributed by atoms with Crippen LogP contribution in [0.15, 0.2) is 18.2 Å². The molecule has 1 aliphatic carbocycles. The van der Waals surface area contributed by atoms with Crippen LogP contribution >= 0.6 is 0 Å². The molecular formula is C20H23N3O4. The van der Waals surface area contributed by atoms with E-state index in [0.29, 0.717) is 30.1 Å². The van der Waals surface area contributed by atoms with Gasteiger partial charge >= 0.3 is 0 Å². The topological polar surface area (TPSA) is 95.6 Å². The van der Waals surface area contributed by atoms with Crippen LogP contribution < -0.4 is 10.6 Å². The summed E-state index contributed by atoms with van der Waals surface area (Å²) in [5.74, 6) is -0.753. The average molecular weight is 369 g/mol. The standard InChI is InChI=1S/C20H23N3O4/c1-11(12-4-2-5-12)18(25)21-14-7-3-6-13-10-23(20(27)17(13)14)15-8-9-16(24)22-19(15)26/h3,6-7,11-12,15H,2,4-5,8-10H2,1H3,(H,21,25)(H,22,24,26). The van der Waals surface area contributed by atoms with Gasteiger partial charge in [0.05, 0.1) is 11.3 Å². The fraction of sp³-hybridized carbons (Fsp3) is 0.500. The number of anilines is 1. The first kappa shape index (κ1) is 17.7. The Bertz CT molecular complexity index is 831. The zero-order chi connectivity index (χ0) is 19.1. The van der Waals surface area contributed by atoms with Crippen molar-refractivity contribution in [1.82, 2.24) is 10.2 Å². The van der Waals surface area contributed by atoms with Crippen molar-refractivity contribution in [3.63, 3.8) is 0 Å². The minimum absolute atomic E-state index is 0.0691. The van der Waals surface area contributed by atoms with Crippen LogP contribution in [0.2, 0.25) is 0 Å². The molecule has 2 heterocycles. The third-order valence-corrected chi connectivity index (χ3v) is 6.08. The molecule has 0 spiro atoms. The van der Waals surface area contributed by atoms with Gasteiger partial charge in [-0.1, -0.05) is 25.5 Å². The highest BCUT2D eigenvalue weighted by atomic mass is 16.2. The minimum Gasteiger partial charge on any atom is -0.325 e. The number of imide groups is 1. The number of hydrogen-bond donors (Lipinski definition) is 2. The van der Waals surface area contributed by atoms with Gasteiger partial charge in [-0.25, -0.2) is 0 Å². The van der Waals surface area contributed by atoms with E-state index in [9.17, 15) is 19.2 Å². The molecule has 0 radical (unpaired) electrons. The lowest BCUT2D eigenvalue weighted by Crippen LogP contribution is -2.52. The van der Waals surface area contributed by atoms with Crippen LogP contribution in [0, 0.1) is 11.8 Å². The monoisotopic (exact) mass is 369 g/mol. The van der Waals surface area contributed by atoms with Gasteiger partial charge in [-0.2, -0.15) is 0 Å². The molecule has 2 atom stereocenters. The molecular weight excluding hydrogens is 346 g/mol. The number of hydrogen-bond acceptors (Lipinski definition) is 4. The Balaban J connectivity index is 1.53. The third-order valence-electron chi connectivity index (χ3n) is 6.08.